The molecular weight excluding hydrogens is 232 g/mol. The molecule has 98 valence electrons. The minimum absolute atomic E-state index is 0.0819. The fourth-order valence-corrected chi connectivity index (χ4v) is 2.21. The van der Waals surface area contributed by atoms with Gasteiger partial charge in [-0.3, -0.25) is 10.1 Å². The lowest BCUT2D eigenvalue weighted by atomic mass is 10.1. The second-order valence-electron chi connectivity index (χ2n) is 4.51. The van der Waals surface area contributed by atoms with Crippen molar-refractivity contribution in [1.82, 2.24) is 4.90 Å². The van der Waals surface area contributed by atoms with Gasteiger partial charge in [-0.2, -0.15) is 0 Å². The summed E-state index contributed by atoms with van der Waals surface area (Å²) in [6, 6.07) is 6.41. The molecule has 18 heavy (non-hydrogen) atoms. The van der Waals surface area contributed by atoms with Crippen LogP contribution in [0.2, 0.25) is 0 Å². The van der Waals surface area contributed by atoms with Crippen LogP contribution in [0.3, 0.4) is 0 Å². The highest BCUT2D eigenvalue weighted by Crippen LogP contribution is 2.23. The SMILES string of the molecule is CCN1CCC(Oc2cccc([N+](=O)[O-])c2)CC1. The van der Waals surface area contributed by atoms with Gasteiger partial charge in [0.25, 0.3) is 5.69 Å². The Kier molecular flexibility index (Phi) is 4.15. The molecular formula is C13H18N2O3. The van der Waals surface area contributed by atoms with E-state index in [4.69, 9.17) is 4.74 Å². The second-order valence-corrected chi connectivity index (χ2v) is 4.51. The normalized spacial score (nSPS) is 17.6. The van der Waals surface area contributed by atoms with Gasteiger partial charge >= 0.3 is 0 Å². The number of likely N-dealkylation sites (tertiary alicyclic amines) is 1. The molecule has 1 fully saturated rings. The van der Waals surface area contributed by atoms with Crippen LogP contribution >= 0.6 is 0 Å². The summed E-state index contributed by atoms with van der Waals surface area (Å²) in [5.41, 5.74) is 0.0819. The molecule has 0 radical (unpaired) electrons. The fourth-order valence-electron chi connectivity index (χ4n) is 2.21. The van der Waals surface area contributed by atoms with Crippen LogP contribution in [0.5, 0.6) is 5.75 Å². The molecule has 5 nitrogen and oxygen atoms in total. The molecule has 0 unspecified atom stereocenters. The first-order valence-corrected chi connectivity index (χ1v) is 6.32. The van der Waals surface area contributed by atoms with Crippen molar-refractivity contribution in [2.75, 3.05) is 19.6 Å². The number of hydrogen-bond acceptors (Lipinski definition) is 4. The molecule has 0 spiro atoms. The Labute approximate surface area is 107 Å². The van der Waals surface area contributed by atoms with E-state index in [0.717, 1.165) is 32.5 Å². The van der Waals surface area contributed by atoms with Crippen molar-refractivity contribution in [2.45, 2.75) is 25.9 Å². The standard InChI is InChI=1S/C13H18N2O3/c1-2-14-8-6-12(7-9-14)18-13-5-3-4-11(10-13)15(16)17/h3-5,10,12H,2,6-9H2,1H3. The maximum Gasteiger partial charge on any atom is 0.273 e. The Morgan fingerprint density at radius 2 is 2.17 bits per heavy atom. The van der Waals surface area contributed by atoms with Crippen LogP contribution in [0.25, 0.3) is 0 Å². The van der Waals surface area contributed by atoms with Gasteiger partial charge in [0, 0.05) is 19.2 Å². The summed E-state index contributed by atoms with van der Waals surface area (Å²) in [4.78, 5) is 12.7. The summed E-state index contributed by atoms with van der Waals surface area (Å²) in [6.07, 6.45) is 2.14. The molecule has 0 aliphatic carbocycles. The quantitative estimate of drug-likeness (QED) is 0.608. The van der Waals surface area contributed by atoms with Gasteiger partial charge < -0.3 is 9.64 Å². The molecule has 1 aliphatic heterocycles. The van der Waals surface area contributed by atoms with E-state index >= 15 is 0 Å². The first kappa shape index (κ1) is 12.8. The van der Waals surface area contributed by atoms with Crippen LogP contribution in [-0.2, 0) is 0 Å². The van der Waals surface area contributed by atoms with Gasteiger partial charge in [0.15, 0.2) is 0 Å². The largest absolute Gasteiger partial charge is 0.490 e. The molecule has 0 atom stereocenters. The third-order valence-electron chi connectivity index (χ3n) is 3.31. The number of nitro groups is 1. The first-order valence-electron chi connectivity index (χ1n) is 6.32. The zero-order chi connectivity index (χ0) is 13.0. The van der Waals surface area contributed by atoms with E-state index in [1.54, 1.807) is 12.1 Å². The topological polar surface area (TPSA) is 55.6 Å². The Morgan fingerprint density at radius 3 is 2.78 bits per heavy atom. The van der Waals surface area contributed by atoms with E-state index < -0.39 is 4.92 Å². The molecule has 0 amide bonds. The highest BCUT2D eigenvalue weighted by molar-refractivity contribution is 5.38. The molecule has 0 bridgehead atoms. The summed E-state index contributed by atoms with van der Waals surface area (Å²) in [5, 5.41) is 10.7. The van der Waals surface area contributed by atoms with E-state index in [0.29, 0.717) is 5.75 Å². The number of benzene rings is 1. The minimum Gasteiger partial charge on any atom is -0.490 e. The lowest BCUT2D eigenvalue weighted by Crippen LogP contribution is -2.37. The Morgan fingerprint density at radius 1 is 1.44 bits per heavy atom. The Balaban J connectivity index is 1.94. The number of nitrogens with zero attached hydrogens (tertiary/aromatic N) is 2. The molecule has 1 heterocycles. The average molecular weight is 250 g/mol. The van der Waals surface area contributed by atoms with E-state index in [2.05, 4.69) is 11.8 Å². The van der Waals surface area contributed by atoms with E-state index in [1.807, 2.05) is 0 Å². The maximum atomic E-state index is 10.7. The van der Waals surface area contributed by atoms with Crippen LogP contribution < -0.4 is 4.74 Å². The first-order chi connectivity index (χ1) is 8.69. The zero-order valence-corrected chi connectivity index (χ0v) is 10.5. The van der Waals surface area contributed by atoms with Gasteiger partial charge in [0.1, 0.15) is 11.9 Å². The third kappa shape index (κ3) is 3.20. The second kappa shape index (κ2) is 5.82. The highest BCUT2D eigenvalue weighted by Gasteiger charge is 2.19. The van der Waals surface area contributed by atoms with Gasteiger partial charge in [0.2, 0.25) is 0 Å². The number of piperidine rings is 1. The molecule has 1 saturated heterocycles. The third-order valence-corrected chi connectivity index (χ3v) is 3.31. The zero-order valence-electron chi connectivity index (χ0n) is 10.5. The number of nitro benzene ring substituents is 1. The molecule has 0 saturated carbocycles. The van der Waals surface area contributed by atoms with Gasteiger partial charge in [-0.15, -0.1) is 0 Å². The van der Waals surface area contributed by atoms with Crippen LogP contribution in [0.1, 0.15) is 19.8 Å². The van der Waals surface area contributed by atoms with Crippen molar-refractivity contribution in [3.05, 3.63) is 34.4 Å². The summed E-state index contributed by atoms with van der Waals surface area (Å²) < 4.78 is 5.81. The number of hydrogen-bond donors (Lipinski definition) is 0. The Bertz CT molecular complexity index is 414. The maximum absolute atomic E-state index is 10.7. The lowest BCUT2D eigenvalue weighted by molar-refractivity contribution is -0.384. The van der Waals surface area contributed by atoms with Crippen molar-refractivity contribution < 1.29 is 9.66 Å². The van der Waals surface area contributed by atoms with E-state index in [9.17, 15) is 10.1 Å². The van der Waals surface area contributed by atoms with Crippen LogP contribution in [-0.4, -0.2) is 35.6 Å². The van der Waals surface area contributed by atoms with Crippen LogP contribution in [0.15, 0.2) is 24.3 Å². The van der Waals surface area contributed by atoms with Crippen LogP contribution in [0, 0.1) is 10.1 Å². The molecule has 1 aromatic carbocycles. The number of rotatable bonds is 4. The van der Waals surface area contributed by atoms with Gasteiger partial charge in [0.05, 0.1) is 11.0 Å². The molecule has 0 N–H and O–H groups in total. The van der Waals surface area contributed by atoms with Gasteiger partial charge in [-0.25, -0.2) is 0 Å². The summed E-state index contributed by atoms with van der Waals surface area (Å²) in [6.45, 7) is 5.30. The predicted octanol–water partition coefficient (Wildman–Crippen LogP) is 2.46. The van der Waals surface area contributed by atoms with Crippen molar-refractivity contribution in [3.63, 3.8) is 0 Å². The summed E-state index contributed by atoms with van der Waals surface area (Å²) in [7, 11) is 0. The van der Waals surface area contributed by atoms with Gasteiger partial charge in [-0.1, -0.05) is 13.0 Å². The van der Waals surface area contributed by atoms with E-state index in [1.165, 1.54) is 12.1 Å². The lowest BCUT2D eigenvalue weighted by Gasteiger charge is -2.31. The number of non-ortho nitro benzene ring substituents is 1. The minimum atomic E-state index is -0.396. The molecule has 2 rings (SSSR count). The van der Waals surface area contributed by atoms with Crippen molar-refractivity contribution in [3.8, 4) is 5.75 Å². The molecule has 1 aliphatic rings. The summed E-state index contributed by atoms with van der Waals surface area (Å²) >= 11 is 0. The monoisotopic (exact) mass is 250 g/mol. The molecule has 0 aromatic heterocycles. The Hall–Kier alpha value is -1.62. The average Bonchev–Trinajstić information content (AvgIpc) is 2.40. The fraction of sp³-hybridized carbons (Fsp3) is 0.538. The smallest absolute Gasteiger partial charge is 0.273 e. The van der Waals surface area contributed by atoms with Crippen molar-refractivity contribution in [1.29, 1.82) is 0 Å². The molecule has 5 heteroatoms. The van der Waals surface area contributed by atoms with Gasteiger partial charge in [-0.05, 0) is 25.5 Å². The van der Waals surface area contributed by atoms with Crippen LogP contribution in [0.4, 0.5) is 5.69 Å². The highest BCUT2D eigenvalue weighted by atomic mass is 16.6. The van der Waals surface area contributed by atoms with Crippen molar-refractivity contribution >= 4 is 5.69 Å². The summed E-state index contributed by atoms with van der Waals surface area (Å²) in [5.74, 6) is 0.596. The van der Waals surface area contributed by atoms with Crippen molar-refractivity contribution in [2.24, 2.45) is 0 Å². The molecule has 1 aromatic rings. The van der Waals surface area contributed by atoms with E-state index in [-0.39, 0.29) is 11.8 Å². The predicted molar refractivity (Wildman–Crippen MR) is 68.9 cm³/mol. The number of ether oxygens (including phenoxy) is 1.